The van der Waals surface area contributed by atoms with E-state index in [4.69, 9.17) is 4.98 Å². The van der Waals surface area contributed by atoms with Gasteiger partial charge in [-0.3, -0.25) is 9.59 Å². The molecule has 0 aliphatic carbocycles. The van der Waals surface area contributed by atoms with Crippen LogP contribution in [0.2, 0.25) is 0 Å². The van der Waals surface area contributed by atoms with Gasteiger partial charge in [-0.05, 0) is 41.5 Å². The van der Waals surface area contributed by atoms with Crippen molar-refractivity contribution in [2.45, 2.75) is 31.6 Å². The third-order valence-electron chi connectivity index (χ3n) is 9.41. The fraction of sp³-hybridized carbons (Fsp3) is 0.289. The third-order valence-corrected chi connectivity index (χ3v) is 10.4. The maximum absolute atomic E-state index is 13.7. The highest BCUT2D eigenvalue weighted by molar-refractivity contribution is 7.09. The lowest BCUT2D eigenvalue weighted by Gasteiger charge is -2.36. The predicted molar refractivity (Wildman–Crippen MR) is 184 cm³/mol. The summed E-state index contributed by atoms with van der Waals surface area (Å²) in [6.07, 6.45) is 1.53. The first-order valence-corrected chi connectivity index (χ1v) is 17.0. The quantitative estimate of drug-likeness (QED) is 0.187. The summed E-state index contributed by atoms with van der Waals surface area (Å²) in [5, 5.41) is 5.27. The molecule has 6 nitrogen and oxygen atoms in total. The third kappa shape index (κ3) is 6.37. The smallest absolute Gasteiger partial charge is 0.273 e. The van der Waals surface area contributed by atoms with Gasteiger partial charge in [-0.1, -0.05) is 78.9 Å². The van der Waals surface area contributed by atoms with Crippen LogP contribution in [-0.2, 0) is 5.92 Å². The van der Waals surface area contributed by atoms with Gasteiger partial charge in [0, 0.05) is 79.7 Å². The molecule has 0 unspecified atom stereocenters. The second-order valence-corrected chi connectivity index (χ2v) is 13.3. The average molecular weight is 651 g/mol. The minimum atomic E-state index is -2.92. The summed E-state index contributed by atoms with van der Waals surface area (Å²) in [6, 6.07) is 28.2. The zero-order valence-electron chi connectivity index (χ0n) is 26.2. The Kier molecular flexibility index (Phi) is 8.49. The number of amides is 2. The number of likely N-dealkylation sites (tertiary alicyclic amines) is 1. The fourth-order valence-electron chi connectivity index (χ4n) is 6.73. The van der Waals surface area contributed by atoms with E-state index in [0.717, 1.165) is 49.0 Å². The van der Waals surface area contributed by atoms with Crippen LogP contribution in [0.4, 0.5) is 14.5 Å². The summed E-state index contributed by atoms with van der Waals surface area (Å²) >= 11 is 1.53. The van der Waals surface area contributed by atoms with E-state index >= 15 is 0 Å². The summed E-state index contributed by atoms with van der Waals surface area (Å²) < 4.78 is 27.5. The molecule has 2 saturated heterocycles. The van der Waals surface area contributed by atoms with E-state index < -0.39 is 5.92 Å². The Bertz CT molecular complexity index is 1900. The molecule has 9 heteroatoms. The number of rotatable bonds is 6. The van der Waals surface area contributed by atoms with E-state index in [1.807, 2.05) is 33.4 Å². The van der Waals surface area contributed by atoms with Gasteiger partial charge in [-0.15, -0.1) is 11.3 Å². The van der Waals surface area contributed by atoms with E-state index in [9.17, 15) is 18.4 Å². The molecule has 5 aromatic rings. The van der Waals surface area contributed by atoms with E-state index in [2.05, 4.69) is 47.4 Å². The number of piperazine rings is 1. The van der Waals surface area contributed by atoms with Crippen LogP contribution in [0.5, 0.6) is 0 Å². The second-order valence-electron chi connectivity index (χ2n) is 12.4. The molecule has 7 rings (SSSR count). The summed E-state index contributed by atoms with van der Waals surface area (Å²) in [4.78, 5) is 38.0. The zero-order chi connectivity index (χ0) is 32.5. The molecule has 2 fully saturated rings. The molecular weight excluding hydrogens is 615 g/mol. The Labute approximate surface area is 277 Å². The van der Waals surface area contributed by atoms with E-state index in [-0.39, 0.29) is 23.3 Å². The first-order valence-electron chi connectivity index (χ1n) is 16.1. The number of thiazole rings is 1. The molecule has 0 spiro atoms. The van der Waals surface area contributed by atoms with Gasteiger partial charge in [0.25, 0.3) is 17.7 Å². The molecule has 1 aromatic heterocycles. The van der Waals surface area contributed by atoms with Crippen molar-refractivity contribution in [1.29, 1.82) is 0 Å². The van der Waals surface area contributed by atoms with Crippen LogP contribution < -0.4 is 4.90 Å². The molecule has 3 heterocycles. The molecule has 240 valence electrons. The van der Waals surface area contributed by atoms with Gasteiger partial charge in [0.1, 0.15) is 5.69 Å². The van der Waals surface area contributed by atoms with Crippen molar-refractivity contribution in [2.24, 2.45) is 0 Å². The number of nitrogens with zero attached hydrogens (tertiary/aromatic N) is 4. The van der Waals surface area contributed by atoms with Crippen LogP contribution >= 0.6 is 11.3 Å². The summed E-state index contributed by atoms with van der Waals surface area (Å²) in [6.45, 7) is 4.87. The Morgan fingerprint density at radius 1 is 0.766 bits per heavy atom. The van der Waals surface area contributed by atoms with Crippen LogP contribution in [0.15, 0.2) is 96.4 Å². The highest BCUT2D eigenvalue weighted by atomic mass is 32.1. The van der Waals surface area contributed by atoms with Crippen molar-refractivity contribution in [1.82, 2.24) is 14.8 Å². The number of benzene rings is 4. The maximum atomic E-state index is 13.7. The lowest BCUT2D eigenvalue weighted by molar-refractivity contribution is 0.0174. The van der Waals surface area contributed by atoms with Crippen LogP contribution in [0.25, 0.3) is 21.9 Å². The Morgan fingerprint density at radius 2 is 1.43 bits per heavy atom. The molecule has 2 amide bonds. The predicted octanol–water partition coefficient (Wildman–Crippen LogP) is 8.06. The molecule has 0 radical (unpaired) electrons. The molecule has 4 aromatic carbocycles. The topological polar surface area (TPSA) is 56.8 Å². The Balaban J connectivity index is 0.959. The van der Waals surface area contributed by atoms with Gasteiger partial charge < -0.3 is 14.7 Å². The van der Waals surface area contributed by atoms with E-state index in [1.54, 1.807) is 18.2 Å². The minimum Gasteiger partial charge on any atom is -0.367 e. The number of aromatic nitrogens is 1. The van der Waals surface area contributed by atoms with Crippen molar-refractivity contribution >= 4 is 39.6 Å². The zero-order valence-corrected chi connectivity index (χ0v) is 27.1. The number of hydrogen-bond acceptors (Lipinski definition) is 5. The lowest BCUT2D eigenvalue weighted by atomic mass is 9.94. The van der Waals surface area contributed by atoms with Crippen molar-refractivity contribution in [3.63, 3.8) is 0 Å². The first-order chi connectivity index (χ1) is 22.8. The Morgan fingerprint density at radius 3 is 2.17 bits per heavy atom. The highest BCUT2D eigenvalue weighted by Crippen LogP contribution is 2.34. The number of carbonyl (C=O) groups excluding carboxylic acids is 2. The van der Waals surface area contributed by atoms with Gasteiger partial charge in [0.15, 0.2) is 0 Å². The molecule has 2 aliphatic heterocycles. The minimum absolute atomic E-state index is 0.0232. The highest BCUT2D eigenvalue weighted by Gasteiger charge is 2.30. The maximum Gasteiger partial charge on any atom is 0.273 e. The van der Waals surface area contributed by atoms with Gasteiger partial charge >= 0.3 is 0 Å². The largest absolute Gasteiger partial charge is 0.367 e. The van der Waals surface area contributed by atoms with Crippen molar-refractivity contribution < 1.29 is 18.4 Å². The molecular formula is C38H36F2N4O2S. The molecule has 0 N–H and O–H groups in total. The van der Waals surface area contributed by atoms with Crippen molar-refractivity contribution in [3.8, 4) is 11.1 Å². The number of anilines is 1. The fourth-order valence-corrected chi connectivity index (χ4v) is 7.70. The van der Waals surface area contributed by atoms with Gasteiger partial charge in [-0.2, -0.15) is 0 Å². The Hall–Kier alpha value is -4.63. The average Bonchev–Trinajstić information content (AvgIpc) is 3.61. The standard InChI is InChI=1S/C38H36F2N4O2S/c1-38(39,40)29-15-13-27(14-16-29)30-9-4-5-11-32(30)36(45)43-19-17-28(18-20-43)35-41-33(25-47-35)37(46)44-23-21-42(22-24-44)34-12-6-8-26-7-2-3-10-31(26)34/h2-16,25,28H,17-24H2,1H3. The van der Waals surface area contributed by atoms with Crippen molar-refractivity contribution in [3.05, 3.63) is 118 Å². The van der Waals surface area contributed by atoms with Crippen LogP contribution in [-0.4, -0.2) is 65.9 Å². The van der Waals surface area contributed by atoms with E-state index in [1.165, 1.54) is 39.9 Å². The van der Waals surface area contributed by atoms with Gasteiger partial charge in [0.2, 0.25) is 0 Å². The number of fused-ring (bicyclic) bond motifs is 1. The molecule has 0 atom stereocenters. The number of alkyl halides is 2. The van der Waals surface area contributed by atoms with Gasteiger partial charge in [-0.25, -0.2) is 13.8 Å². The number of hydrogen-bond donors (Lipinski definition) is 0. The van der Waals surface area contributed by atoms with Crippen LogP contribution in [0, 0.1) is 0 Å². The van der Waals surface area contributed by atoms with E-state index in [0.29, 0.717) is 37.4 Å². The number of halogens is 2. The molecule has 0 saturated carbocycles. The monoisotopic (exact) mass is 650 g/mol. The van der Waals surface area contributed by atoms with Crippen LogP contribution in [0.1, 0.15) is 57.1 Å². The number of carbonyl (C=O) groups is 2. The summed E-state index contributed by atoms with van der Waals surface area (Å²) in [5.41, 5.74) is 3.67. The molecule has 47 heavy (non-hydrogen) atoms. The molecule has 0 bridgehead atoms. The second kappa shape index (κ2) is 12.9. The SMILES string of the molecule is CC(F)(F)c1ccc(-c2ccccc2C(=O)N2CCC(c3nc(C(=O)N4CCN(c5cccc6ccccc56)CC4)cs3)CC2)cc1. The van der Waals surface area contributed by atoms with Crippen LogP contribution in [0.3, 0.4) is 0 Å². The molecule has 2 aliphatic rings. The first kappa shape index (κ1) is 31.0. The summed E-state index contributed by atoms with van der Waals surface area (Å²) in [5.74, 6) is -2.82. The normalized spacial score (nSPS) is 16.1. The summed E-state index contributed by atoms with van der Waals surface area (Å²) in [7, 11) is 0. The lowest BCUT2D eigenvalue weighted by Crippen LogP contribution is -2.49. The van der Waals surface area contributed by atoms with Crippen molar-refractivity contribution in [2.75, 3.05) is 44.2 Å². The number of piperidine rings is 1. The van der Waals surface area contributed by atoms with Gasteiger partial charge in [0.05, 0.1) is 5.01 Å².